The van der Waals surface area contributed by atoms with Gasteiger partial charge in [-0.15, -0.1) is 47.2 Å². The molecule has 1 atom stereocenters. The maximum atomic E-state index is 5.26. The van der Waals surface area contributed by atoms with Crippen LogP contribution in [0, 0.1) is 6.07 Å². The van der Waals surface area contributed by atoms with Gasteiger partial charge in [-0.1, -0.05) is 78.9 Å². The van der Waals surface area contributed by atoms with E-state index in [4.69, 9.17) is 15.0 Å². The van der Waals surface area contributed by atoms with E-state index in [2.05, 4.69) is 84.9 Å². The van der Waals surface area contributed by atoms with Gasteiger partial charge in [-0.05, 0) is 35.5 Å². The van der Waals surface area contributed by atoms with E-state index in [0.29, 0.717) is 0 Å². The minimum atomic E-state index is -0.0883. The first-order valence-electron chi connectivity index (χ1n) is 12.6. The Morgan fingerprint density at radius 1 is 0.615 bits per heavy atom. The van der Waals surface area contributed by atoms with Crippen LogP contribution >= 0.6 is 11.3 Å². The van der Waals surface area contributed by atoms with Gasteiger partial charge in [-0.2, -0.15) is 0 Å². The van der Waals surface area contributed by atoms with Crippen molar-refractivity contribution in [3.63, 3.8) is 0 Å². The Kier molecular flexibility index (Phi) is 7.13. The van der Waals surface area contributed by atoms with Crippen molar-refractivity contribution in [2.75, 3.05) is 0 Å². The second-order valence-electron chi connectivity index (χ2n) is 9.16. The van der Waals surface area contributed by atoms with E-state index in [-0.39, 0.29) is 26.3 Å². The second kappa shape index (κ2) is 11.0. The fourth-order valence-corrected chi connectivity index (χ4v) is 6.05. The Labute approximate surface area is 244 Å². The Morgan fingerprint density at radius 3 is 2.31 bits per heavy atom. The topological polar surface area (TPSA) is 38.7 Å². The smallest absolute Gasteiger partial charge is 0.107 e. The van der Waals surface area contributed by atoms with Crippen molar-refractivity contribution >= 4 is 32.5 Å². The van der Waals surface area contributed by atoms with Gasteiger partial charge < -0.3 is 4.98 Å². The van der Waals surface area contributed by atoms with Crippen LogP contribution in [0.4, 0.5) is 0 Å². The molecule has 0 aliphatic carbocycles. The normalized spacial score (nSPS) is 11.8. The predicted molar refractivity (Wildman–Crippen MR) is 156 cm³/mol. The van der Waals surface area contributed by atoms with Gasteiger partial charge >= 0.3 is 0 Å². The fourth-order valence-electron chi connectivity index (χ4n) is 4.91. The molecule has 0 aliphatic heterocycles. The summed E-state index contributed by atoms with van der Waals surface area (Å²) in [5, 5.41) is 2.15. The van der Waals surface area contributed by atoms with Gasteiger partial charge in [0.1, 0.15) is 5.01 Å². The first kappa shape index (κ1) is 25.3. The predicted octanol–water partition coefficient (Wildman–Crippen LogP) is 8.55. The SMILES string of the molecule is [Pd].[c-]1ccccc1-c1cccc(C(c2ccccc2)c2nc3c(-c4ccc5ccccc5n4)cccc3s2)n1. The molecule has 7 aromatic rings. The Morgan fingerprint density at radius 2 is 1.44 bits per heavy atom. The Balaban J connectivity index is 0.00000277. The molecular weight excluding hydrogens is 589 g/mol. The molecular formula is C34H22N3PdS-. The molecule has 0 spiro atoms. The molecule has 1 unspecified atom stereocenters. The van der Waals surface area contributed by atoms with E-state index in [0.717, 1.165) is 54.3 Å². The van der Waals surface area contributed by atoms with Gasteiger partial charge in [0.05, 0.1) is 27.3 Å². The van der Waals surface area contributed by atoms with E-state index in [1.54, 1.807) is 11.3 Å². The Hall–Kier alpha value is -4.01. The van der Waals surface area contributed by atoms with E-state index < -0.39 is 0 Å². The fraction of sp³-hybridized carbons (Fsp3) is 0.0294. The number of nitrogens with zero attached hydrogens (tertiary/aromatic N) is 3. The van der Waals surface area contributed by atoms with Crippen molar-refractivity contribution in [3.8, 4) is 22.5 Å². The average Bonchev–Trinajstić information content (AvgIpc) is 3.42. The largest absolute Gasteiger partial charge is 0.300 e. The summed E-state index contributed by atoms with van der Waals surface area (Å²) in [6, 6.07) is 46.8. The van der Waals surface area contributed by atoms with Crippen LogP contribution in [-0.4, -0.2) is 15.0 Å². The van der Waals surface area contributed by atoms with Gasteiger partial charge in [0.25, 0.3) is 0 Å². The summed E-state index contributed by atoms with van der Waals surface area (Å²) in [5.41, 5.74) is 7.96. The molecule has 5 heteroatoms. The van der Waals surface area contributed by atoms with Crippen LogP contribution in [0.2, 0.25) is 0 Å². The first-order valence-corrected chi connectivity index (χ1v) is 13.4. The molecule has 3 heterocycles. The summed E-state index contributed by atoms with van der Waals surface area (Å²) in [7, 11) is 0. The number of hydrogen-bond donors (Lipinski definition) is 0. The molecule has 0 saturated heterocycles. The molecule has 0 N–H and O–H groups in total. The molecule has 0 radical (unpaired) electrons. The van der Waals surface area contributed by atoms with Crippen LogP contribution in [0.1, 0.15) is 22.2 Å². The first-order chi connectivity index (χ1) is 18.8. The molecule has 39 heavy (non-hydrogen) atoms. The number of hydrogen-bond acceptors (Lipinski definition) is 4. The standard InChI is InChI=1S/C34H22N3S.Pd/c1-3-11-23(12-4-1)28-18-10-19-30(36-28)32(25-14-5-2-6-15-25)34-37-33-26(16-9-20-31(33)38-34)29-22-21-24-13-7-8-17-27(24)35-29;/h1-11,13-22,32H;/q-1;. The van der Waals surface area contributed by atoms with Crippen LogP contribution in [-0.2, 0) is 20.4 Å². The molecule has 0 saturated carbocycles. The van der Waals surface area contributed by atoms with Crippen molar-refractivity contribution in [2.24, 2.45) is 0 Å². The minimum absolute atomic E-state index is 0. The van der Waals surface area contributed by atoms with E-state index >= 15 is 0 Å². The quantitative estimate of drug-likeness (QED) is 0.145. The third kappa shape index (κ3) is 4.93. The zero-order valence-electron chi connectivity index (χ0n) is 20.8. The maximum absolute atomic E-state index is 5.26. The molecule has 3 nitrogen and oxygen atoms in total. The van der Waals surface area contributed by atoms with Gasteiger partial charge in [0, 0.05) is 37.1 Å². The monoisotopic (exact) mass is 610 g/mol. The van der Waals surface area contributed by atoms with Crippen LogP contribution < -0.4 is 0 Å². The molecule has 7 rings (SSSR count). The van der Waals surface area contributed by atoms with Crippen LogP contribution in [0.3, 0.4) is 0 Å². The van der Waals surface area contributed by atoms with Gasteiger partial charge in [0.2, 0.25) is 0 Å². The van der Waals surface area contributed by atoms with E-state index in [1.165, 1.54) is 5.56 Å². The van der Waals surface area contributed by atoms with Crippen molar-refractivity contribution in [1.29, 1.82) is 0 Å². The van der Waals surface area contributed by atoms with Crippen LogP contribution in [0.25, 0.3) is 43.6 Å². The Bertz CT molecular complexity index is 1880. The summed E-state index contributed by atoms with van der Waals surface area (Å²) in [6.45, 7) is 0. The number of rotatable bonds is 5. The number of aromatic nitrogens is 3. The minimum Gasteiger partial charge on any atom is -0.300 e. The molecule has 3 aromatic heterocycles. The van der Waals surface area contributed by atoms with Crippen LogP contribution in [0.5, 0.6) is 0 Å². The van der Waals surface area contributed by atoms with Gasteiger partial charge in [-0.25, -0.2) is 9.97 Å². The van der Waals surface area contributed by atoms with Crippen LogP contribution in [0.15, 0.2) is 127 Å². The molecule has 190 valence electrons. The third-order valence-electron chi connectivity index (χ3n) is 6.74. The summed E-state index contributed by atoms with van der Waals surface area (Å²) in [5.74, 6) is -0.0883. The third-order valence-corrected chi connectivity index (χ3v) is 7.83. The number of benzene rings is 4. The summed E-state index contributed by atoms with van der Waals surface area (Å²) in [4.78, 5) is 15.3. The average molecular weight is 611 g/mol. The molecule has 0 bridgehead atoms. The molecule has 4 aromatic carbocycles. The summed E-state index contributed by atoms with van der Waals surface area (Å²) >= 11 is 1.72. The maximum Gasteiger partial charge on any atom is 0.107 e. The van der Waals surface area contributed by atoms with Gasteiger partial charge in [0.15, 0.2) is 0 Å². The van der Waals surface area contributed by atoms with Crippen molar-refractivity contribution in [3.05, 3.63) is 150 Å². The van der Waals surface area contributed by atoms with Gasteiger partial charge in [-0.3, -0.25) is 0 Å². The van der Waals surface area contributed by atoms with Crippen molar-refractivity contribution in [2.45, 2.75) is 5.92 Å². The number of thiazole rings is 1. The second-order valence-corrected chi connectivity index (χ2v) is 10.2. The summed E-state index contributed by atoms with van der Waals surface area (Å²) < 4.78 is 1.14. The number of pyridine rings is 2. The molecule has 0 fully saturated rings. The number of para-hydroxylation sites is 2. The summed E-state index contributed by atoms with van der Waals surface area (Å²) in [6.07, 6.45) is 0. The van der Waals surface area contributed by atoms with Crippen molar-refractivity contribution < 1.29 is 20.4 Å². The zero-order valence-corrected chi connectivity index (χ0v) is 23.1. The molecule has 0 amide bonds. The zero-order chi connectivity index (χ0) is 25.3. The number of fused-ring (bicyclic) bond motifs is 2. The molecule has 0 aliphatic rings. The van der Waals surface area contributed by atoms with Crippen molar-refractivity contribution in [1.82, 2.24) is 15.0 Å². The van der Waals surface area contributed by atoms with E-state index in [1.807, 2.05) is 48.5 Å². The van der Waals surface area contributed by atoms with E-state index in [9.17, 15) is 0 Å².